The Kier molecular flexibility index (Phi) is 5.52. The third-order valence-corrected chi connectivity index (χ3v) is 5.64. The lowest BCUT2D eigenvalue weighted by molar-refractivity contribution is -0.383. The van der Waals surface area contributed by atoms with Gasteiger partial charge in [-0.2, -0.15) is 0 Å². The second-order valence-electron chi connectivity index (χ2n) is 6.51. The number of benzene rings is 1. The molecule has 150 valence electrons. The quantitative estimate of drug-likeness (QED) is 0.488. The summed E-state index contributed by atoms with van der Waals surface area (Å²) in [6.45, 7) is 2.53. The molecule has 0 spiro atoms. The molecule has 0 aliphatic carbocycles. The normalized spacial score (nSPS) is 14.1. The molecule has 1 aliphatic heterocycles. The predicted molar refractivity (Wildman–Crippen MR) is 111 cm³/mol. The van der Waals surface area contributed by atoms with Gasteiger partial charge in [-0.1, -0.05) is 18.2 Å². The molecule has 0 radical (unpaired) electrons. The van der Waals surface area contributed by atoms with E-state index in [4.69, 9.17) is 0 Å². The van der Waals surface area contributed by atoms with Gasteiger partial charge in [-0.25, -0.2) is 14.4 Å². The fraction of sp³-hybridized carbons (Fsp3) is 0.263. The summed E-state index contributed by atoms with van der Waals surface area (Å²) in [7, 11) is 0. The maximum atomic E-state index is 14.0. The molecule has 1 aromatic carbocycles. The fourth-order valence-corrected chi connectivity index (χ4v) is 3.99. The molecule has 1 N–H and O–H groups in total. The van der Waals surface area contributed by atoms with Gasteiger partial charge in [-0.05, 0) is 23.6 Å². The lowest BCUT2D eigenvalue weighted by Gasteiger charge is -2.36. The van der Waals surface area contributed by atoms with Crippen LogP contribution < -0.4 is 15.1 Å². The summed E-state index contributed by atoms with van der Waals surface area (Å²) in [5.74, 6) is 0.214. The van der Waals surface area contributed by atoms with Crippen molar-refractivity contribution in [3.8, 4) is 0 Å². The number of piperazine rings is 1. The minimum atomic E-state index is -0.449. The SMILES string of the molecule is O=[N+]([O-])c1c(NCc2cccs2)ncnc1N1CCN(c2ccccc2F)CC1. The van der Waals surface area contributed by atoms with Gasteiger partial charge < -0.3 is 15.1 Å². The van der Waals surface area contributed by atoms with Crippen molar-refractivity contribution in [3.63, 3.8) is 0 Å². The van der Waals surface area contributed by atoms with Crippen molar-refractivity contribution in [3.05, 3.63) is 68.9 Å². The first-order valence-corrected chi connectivity index (χ1v) is 10.0. The van der Waals surface area contributed by atoms with Gasteiger partial charge in [0.15, 0.2) is 0 Å². The molecule has 1 fully saturated rings. The van der Waals surface area contributed by atoms with Gasteiger partial charge in [0.05, 0.1) is 17.2 Å². The van der Waals surface area contributed by atoms with Crippen LogP contribution in [0.4, 0.5) is 27.4 Å². The monoisotopic (exact) mass is 414 g/mol. The van der Waals surface area contributed by atoms with E-state index < -0.39 is 4.92 Å². The minimum absolute atomic E-state index is 0.136. The van der Waals surface area contributed by atoms with Crippen LogP contribution in [-0.4, -0.2) is 41.1 Å². The summed E-state index contributed by atoms with van der Waals surface area (Å²) in [5, 5.41) is 16.8. The number of nitrogens with one attached hydrogen (secondary N) is 1. The van der Waals surface area contributed by atoms with Crippen LogP contribution >= 0.6 is 11.3 Å². The Morgan fingerprint density at radius 2 is 1.86 bits per heavy atom. The fourth-order valence-electron chi connectivity index (χ4n) is 3.35. The molecule has 0 bridgehead atoms. The Morgan fingerprint density at radius 3 is 2.55 bits per heavy atom. The number of aromatic nitrogens is 2. The number of nitro groups is 1. The van der Waals surface area contributed by atoms with Crippen LogP contribution in [0.15, 0.2) is 48.1 Å². The van der Waals surface area contributed by atoms with E-state index in [9.17, 15) is 14.5 Å². The molecule has 3 heterocycles. The Balaban J connectivity index is 1.52. The van der Waals surface area contributed by atoms with Crippen LogP contribution in [0.1, 0.15) is 4.88 Å². The molecule has 0 saturated carbocycles. The van der Waals surface area contributed by atoms with Gasteiger partial charge >= 0.3 is 5.69 Å². The first kappa shape index (κ1) is 19.1. The number of thiophene rings is 1. The van der Waals surface area contributed by atoms with Gasteiger partial charge in [0.2, 0.25) is 11.6 Å². The van der Waals surface area contributed by atoms with Crippen molar-refractivity contribution >= 4 is 34.3 Å². The molecule has 0 unspecified atom stereocenters. The molecule has 1 saturated heterocycles. The van der Waals surface area contributed by atoms with E-state index in [2.05, 4.69) is 15.3 Å². The molecule has 29 heavy (non-hydrogen) atoms. The number of hydrogen-bond acceptors (Lipinski definition) is 8. The van der Waals surface area contributed by atoms with Crippen LogP contribution in [0.2, 0.25) is 0 Å². The molecule has 0 amide bonds. The van der Waals surface area contributed by atoms with Crippen LogP contribution in [0.5, 0.6) is 0 Å². The Morgan fingerprint density at radius 1 is 1.10 bits per heavy atom. The Bertz CT molecular complexity index is 992. The molecular weight excluding hydrogens is 395 g/mol. The molecule has 2 aromatic heterocycles. The second-order valence-corrected chi connectivity index (χ2v) is 7.54. The number of rotatable bonds is 6. The molecule has 1 aliphatic rings. The summed E-state index contributed by atoms with van der Waals surface area (Å²) >= 11 is 1.57. The minimum Gasteiger partial charge on any atom is -0.366 e. The van der Waals surface area contributed by atoms with Gasteiger partial charge in [0, 0.05) is 31.1 Å². The smallest absolute Gasteiger partial charge is 0.353 e. The molecule has 8 nitrogen and oxygen atoms in total. The van der Waals surface area contributed by atoms with Crippen LogP contribution in [0, 0.1) is 15.9 Å². The van der Waals surface area contributed by atoms with Crippen LogP contribution in [0.3, 0.4) is 0 Å². The average Bonchev–Trinajstić information content (AvgIpc) is 3.26. The predicted octanol–water partition coefficient (Wildman–Crippen LogP) is 3.52. The number of para-hydroxylation sites is 1. The van der Waals surface area contributed by atoms with Crippen LogP contribution in [-0.2, 0) is 6.54 Å². The van der Waals surface area contributed by atoms with E-state index in [1.165, 1.54) is 12.4 Å². The number of halogens is 1. The Hall–Kier alpha value is -3.27. The number of nitrogens with zero attached hydrogens (tertiary/aromatic N) is 5. The highest BCUT2D eigenvalue weighted by molar-refractivity contribution is 7.09. The zero-order valence-corrected chi connectivity index (χ0v) is 16.3. The number of hydrogen-bond donors (Lipinski definition) is 1. The van der Waals surface area contributed by atoms with E-state index in [1.807, 2.05) is 27.3 Å². The van der Waals surface area contributed by atoms with Gasteiger partial charge in [-0.3, -0.25) is 10.1 Å². The topological polar surface area (TPSA) is 87.4 Å². The molecule has 10 heteroatoms. The van der Waals surface area contributed by atoms with Crippen molar-refractivity contribution in [2.24, 2.45) is 0 Å². The van der Waals surface area contributed by atoms with E-state index in [0.29, 0.717) is 38.4 Å². The van der Waals surface area contributed by atoms with E-state index >= 15 is 0 Å². The largest absolute Gasteiger partial charge is 0.366 e. The summed E-state index contributed by atoms with van der Waals surface area (Å²) < 4.78 is 14.0. The summed E-state index contributed by atoms with van der Waals surface area (Å²) in [6, 6.07) is 10.5. The van der Waals surface area contributed by atoms with E-state index in [-0.39, 0.29) is 23.1 Å². The van der Waals surface area contributed by atoms with Crippen molar-refractivity contribution in [2.45, 2.75) is 6.54 Å². The highest BCUT2D eigenvalue weighted by Crippen LogP contribution is 2.33. The first-order chi connectivity index (χ1) is 14.1. The van der Waals surface area contributed by atoms with E-state index in [0.717, 1.165) is 4.88 Å². The zero-order valence-electron chi connectivity index (χ0n) is 15.5. The van der Waals surface area contributed by atoms with Crippen molar-refractivity contribution in [2.75, 3.05) is 41.3 Å². The second kappa shape index (κ2) is 8.39. The zero-order chi connectivity index (χ0) is 20.2. The van der Waals surface area contributed by atoms with Crippen LogP contribution in [0.25, 0.3) is 0 Å². The van der Waals surface area contributed by atoms with Crippen molar-refractivity contribution < 1.29 is 9.31 Å². The molecule has 4 rings (SSSR count). The van der Waals surface area contributed by atoms with Gasteiger partial charge in [-0.15, -0.1) is 11.3 Å². The standard InChI is InChI=1S/C19H19FN6O2S/c20-15-5-1-2-6-16(15)24-7-9-25(10-8-24)19-17(26(27)28)18(22-13-23-19)21-12-14-4-3-11-29-14/h1-6,11,13H,7-10,12H2,(H,21,22,23). The van der Waals surface area contributed by atoms with Crippen molar-refractivity contribution in [1.29, 1.82) is 0 Å². The lowest BCUT2D eigenvalue weighted by atomic mass is 10.2. The summed E-state index contributed by atoms with van der Waals surface area (Å²) in [4.78, 5) is 24.4. The third kappa shape index (κ3) is 4.11. The highest BCUT2D eigenvalue weighted by atomic mass is 32.1. The Labute approximate surface area is 170 Å². The lowest BCUT2D eigenvalue weighted by Crippen LogP contribution is -2.47. The highest BCUT2D eigenvalue weighted by Gasteiger charge is 2.29. The average molecular weight is 414 g/mol. The molecule has 0 atom stereocenters. The molecular formula is C19H19FN6O2S. The van der Waals surface area contributed by atoms with Gasteiger partial charge in [0.1, 0.15) is 12.1 Å². The summed E-state index contributed by atoms with van der Waals surface area (Å²) in [5.41, 5.74) is 0.408. The van der Waals surface area contributed by atoms with Crippen molar-refractivity contribution in [1.82, 2.24) is 9.97 Å². The molecule has 3 aromatic rings. The third-order valence-electron chi connectivity index (χ3n) is 4.77. The number of anilines is 3. The summed E-state index contributed by atoms with van der Waals surface area (Å²) in [6.07, 6.45) is 1.34. The van der Waals surface area contributed by atoms with Gasteiger partial charge in [0.25, 0.3) is 0 Å². The maximum absolute atomic E-state index is 14.0. The maximum Gasteiger partial charge on any atom is 0.353 e. The first-order valence-electron chi connectivity index (χ1n) is 9.13. The van der Waals surface area contributed by atoms with E-state index in [1.54, 1.807) is 29.5 Å².